The molecule has 0 bridgehead atoms. The van der Waals surface area contributed by atoms with E-state index >= 15 is 0 Å². The summed E-state index contributed by atoms with van der Waals surface area (Å²) in [6.45, 7) is 14.0. The zero-order valence-corrected chi connectivity index (χ0v) is 24.1. The molecule has 3 fully saturated rings. The Morgan fingerprint density at radius 3 is 2.59 bits per heavy atom. The first-order chi connectivity index (χ1) is 16.1. The van der Waals surface area contributed by atoms with Gasteiger partial charge in [-0.05, 0) is 97.7 Å². The Balaban J connectivity index is 1.38. The lowest BCUT2D eigenvalue weighted by atomic mass is 9.47. The lowest BCUT2D eigenvalue weighted by molar-refractivity contribution is -0.130. The fourth-order valence-corrected chi connectivity index (χ4v) is 10.1. The van der Waals surface area contributed by atoms with Gasteiger partial charge in [0.25, 0.3) is 0 Å². The number of carbonyl (C=O) groups is 1. The lowest BCUT2D eigenvalue weighted by Crippen LogP contribution is -2.50. The molecule has 0 N–H and O–H groups in total. The Morgan fingerprint density at radius 1 is 1.06 bits per heavy atom. The second-order valence-corrected chi connectivity index (χ2v) is 14.4. The van der Waals surface area contributed by atoms with Gasteiger partial charge in [0.1, 0.15) is 11.1 Å². The average molecular weight is 509 g/mol. The number of allylic oxidation sites excluding steroid dienone is 1. The van der Waals surface area contributed by atoms with Crippen LogP contribution in [0.15, 0.2) is 11.6 Å². The molecular formula is C29H48O3S2. The largest absolute Gasteiger partial charge is 0.377 e. The van der Waals surface area contributed by atoms with Crippen LogP contribution in [-0.2, 0) is 13.2 Å². The maximum atomic E-state index is 11.0. The molecule has 0 aromatic heterocycles. The number of hydrogen-bond acceptors (Lipinski definition) is 5. The number of hydrogen-bond donors (Lipinski definition) is 0. The predicted molar refractivity (Wildman–Crippen MR) is 145 cm³/mol. The summed E-state index contributed by atoms with van der Waals surface area (Å²) >= 11 is 2.26. The first kappa shape index (κ1) is 26.9. The van der Waals surface area contributed by atoms with Crippen molar-refractivity contribution in [1.82, 2.24) is 0 Å². The predicted octanol–water partition coefficient (Wildman–Crippen LogP) is 9.19. The minimum atomic E-state index is -0.276. The Morgan fingerprint density at radius 2 is 1.85 bits per heavy atom. The highest BCUT2D eigenvalue weighted by atomic mass is 33.1. The van der Waals surface area contributed by atoms with Crippen LogP contribution in [0.5, 0.6) is 0 Å². The van der Waals surface area contributed by atoms with Gasteiger partial charge in [-0.3, -0.25) is 8.98 Å². The number of carbonyl (C=O) groups excluding carboxylic acids is 1. The van der Waals surface area contributed by atoms with E-state index in [9.17, 15) is 4.79 Å². The van der Waals surface area contributed by atoms with Crippen molar-refractivity contribution in [2.75, 3.05) is 0 Å². The zero-order chi connectivity index (χ0) is 24.5. The Labute approximate surface area is 217 Å². The molecule has 5 heteroatoms. The topological polar surface area (TPSA) is 35.5 Å². The molecule has 0 aromatic carbocycles. The quantitative estimate of drug-likeness (QED) is 0.134. The number of fused-ring (bicyclic) bond motifs is 5. The van der Waals surface area contributed by atoms with E-state index in [0.29, 0.717) is 10.8 Å². The maximum Gasteiger partial charge on any atom is 0.315 e. The van der Waals surface area contributed by atoms with Gasteiger partial charge in [0, 0.05) is 6.92 Å². The summed E-state index contributed by atoms with van der Waals surface area (Å²) in [7, 11) is 0. The maximum absolute atomic E-state index is 11.0. The molecule has 194 valence electrons. The van der Waals surface area contributed by atoms with Gasteiger partial charge in [-0.1, -0.05) is 65.5 Å². The van der Waals surface area contributed by atoms with Gasteiger partial charge in [0.15, 0.2) is 11.1 Å². The van der Waals surface area contributed by atoms with Gasteiger partial charge in [0.2, 0.25) is 0 Å². The fourth-order valence-electron chi connectivity index (χ4n) is 8.87. The average Bonchev–Trinajstić information content (AvgIpc) is 3.13. The fraction of sp³-hybridized carbons (Fsp3) is 0.897. The third-order valence-corrected chi connectivity index (χ3v) is 11.9. The van der Waals surface area contributed by atoms with Crippen LogP contribution in [0, 0.1) is 46.3 Å². The van der Waals surface area contributed by atoms with Crippen molar-refractivity contribution in [1.29, 1.82) is 0 Å². The molecule has 4 aliphatic rings. The molecule has 34 heavy (non-hydrogen) atoms. The van der Waals surface area contributed by atoms with Gasteiger partial charge < -0.3 is 4.18 Å². The van der Waals surface area contributed by atoms with Crippen LogP contribution in [-0.4, -0.2) is 12.1 Å². The van der Waals surface area contributed by atoms with Crippen molar-refractivity contribution in [2.24, 2.45) is 46.3 Å². The normalized spacial score (nSPS) is 40.2. The summed E-state index contributed by atoms with van der Waals surface area (Å²) in [6, 6.07) is 0. The Kier molecular flexibility index (Phi) is 8.78. The van der Waals surface area contributed by atoms with Crippen LogP contribution in [0.4, 0.5) is 0 Å². The SMILES string of the molecule is CC(=O)OSSO[C@H]1CC[C@@]2(C)C(=CC[C@H]3[C@@H]4CC[C@H]([C@H](C)CCCC(C)C)[C@@]4(C)CC[C@@H]32)C1. The second kappa shape index (κ2) is 11.1. The van der Waals surface area contributed by atoms with Crippen LogP contribution >= 0.6 is 22.1 Å². The molecule has 4 rings (SSSR count). The van der Waals surface area contributed by atoms with E-state index in [1.807, 2.05) is 0 Å². The van der Waals surface area contributed by atoms with E-state index in [4.69, 9.17) is 8.37 Å². The summed E-state index contributed by atoms with van der Waals surface area (Å²) in [6.07, 6.45) is 17.6. The van der Waals surface area contributed by atoms with Crippen LogP contribution in [0.1, 0.15) is 112 Å². The lowest BCUT2D eigenvalue weighted by Gasteiger charge is -2.58. The third kappa shape index (κ3) is 5.42. The summed E-state index contributed by atoms with van der Waals surface area (Å²) in [5.74, 6) is 5.02. The second-order valence-electron chi connectivity index (χ2n) is 13.0. The Bertz CT molecular complexity index is 752. The summed E-state index contributed by atoms with van der Waals surface area (Å²) in [5, 5.41) is 0. The molecule has 4 aliphatic carbocycles. The van der Waals surface area contributed by atoms with Crippen LogP contribution < -0.4 is 0 Å². The van der Waals surface area contributed by atoms with Gasteiger partial charge in [0.05, 0.1) is 6.10 Å². The highest BCUT2D eigenvalue weighted by Crippen LogP contribution is 2.67. The minimum absolute atomic E-state index is 0.236. The van der Waals surface area contributed by atoms with Gasteiger partial charge in [-0.2, -0.15) is 0 Å². The van der Waals surface area contributed by atoms with E-state index in [-0.39, 0.29) is 12.1 Å². The molecule has 3 saturated carbocycles. The van der Waals surface area contributed by atoms with Crippen LogP contribution in [0.2, 0.25) is 0 Å². The van der Waals surface area contributed by atoms with Crippen molar-refractivity contribution in [3.63, 3.8) is 0 Å². The highest BCUT2D eigenvalue weighted by Gasteiger charge is 2.59. The van der Waals surface area contributed by atoms with Crippen molar-refractivity contribution in [2.45, 2.75) is 118 Å². The summed E-state index contributed by atoms with van der Waals surface area (Å²) < 4.78 is 10.9. The first-order valence-corrected chi connectivity index (χ1v) is 16.0. The molecule has 0 aromatic rings. The first-order valence-electron chi connectivity index (χ1n) is 14.0. The van der Waals surface area contributed by atoms with Crippen molar-refractivity contribution < 1.29 is 13.2 Å². The number of rotatable bonds is 9. The minimum Gasteiger partial charge on any atom is -0.377 e. The summed E-state index contributed by atoms with van der Waals surface area (Å²) in [5.41, 5.74) is 2.58. The molecule has 0 saturated heterocycles. The molecule has 8 atom stereocenters. The van der Waals surface area contributed by atoms with Gasteiger partial charge >= 0.3 is 5.97 Å². The molecule has 3 nitrogen and oxygen atoms in total. The highest BCUT2D eigenvalue weighted by molar-refractivity contribution is 8.73. The van der Waals surface area contributed by atoms with E-state index in [1.165, 1.54) is 75.8 Å². The van der Waals surface area contributed by atoms with Gasteiger partial charge in [-0.15, -0.1) is 0 Å². The zero-order valence-electron chi connectivity index (χ0n) is 22.4. The standard InChI is InChI=1S/C29H48O3S2/c1-19(2)8-7-9-20(3)25-12-13-26-24-11-10-22-18-23(32-34-33-31-21(4)30)14-16-28(22,5)27(24)15-17-29(25,26)6/h10,19-20,23-27H,7-9,11-18H2,1-6H3/t20-,23+,24+,25-,26+,27+,28+,29-/m1/s1. The van der Waals surface area contributed by atoms with Gasteiger partial charge in [-0.25, -0.2) is 0 Å². The van der Waals surface area contributed by atoms with Crippen molar-refractivity contribution in [3.05, 3.63) is 11.6 Å². The monoisotopic (exact) mass is 508 g/mol. The third-order valence-electron chi connectivity index (χ3n) is 10.6. The van der Waals surface area contributed by atoms with Crippen molar-refractivity contribution in [3.8, 4) is 0 Å². The molecular weight excluding hydrogens is 460 g/mol. The molecule has 0 aliphatic heterocycles. The molecule has 0 radical (unpaired) electrons. The van der Waals surface area contributed by atoms with E-state index in [0.717, 1.165) is 59.4 Å². The molecule has 0 spiro atoms. The molecule has 0 heterocycles. The van der Waals surface area contributed by atoms with E-state index < -0.39 is 0 Å². The van der Waals surface area contributed by atoms with E-state index in [1.54, 1.807) is 5.57 Å². The van der Waals surface area contributed by atoms with Crippen LogP contribution in [0.25, 0.3) is 0 Å². The molecule has 0 unspecified atom stereocenters. The summed E-state index contributed by atoms with van der Waals surface area (Å²) in [4.78, 5) is 11.0. The van der Waals surface area contributed by atoms with E-state index in [2.05, 4.69) is 40.7 Å². The van der Waals surface area contributed by atoms with Crippen LogP contribution in [0.3, 0.4) is 0 Å². The molecule has 0 amide bonds. The van der Waals surface area contributed by atoms with Crippen molar-refractivity contribution >= 4 is 28.1 Å². The Hall–Kier alpha value is -0.130. The smallest absolute Gasteiger partial charge is 0.315 e.